The highest BCUT2D eigenvalue weighted by atomic mass is 32.2. The Morgan fingerprint density at radius 1 is 1.06 bits per heavy atom. The smallest absolute Gasteiger partial charge is 0.317 e. The van der Waals surface area contributed by atoms with Crippen molar-refractivity contribution in [2.45, 2.75) is 18.1 Å². The van der Waals surface area contributed by atoms with Gasteiger partial charge >= 0.3 is 5.97 Å². The van der Waals surface area contributed by atoms with E-state index >= 15 is 0 Å². The predicted octanol–water partition coefficient (Wildman–Crippen LogP) is 4.42. The number of benzene rings is 2. The van der Waals surface area contributed by atoms with Gasteiger partial charge in [0.2, 0.25) is 0 Å². The standard InChI is InChI=1S/C22H18N4O3S2/c1-14(21(28)26-22-25-18(12-31-22)15-7-3-2-4-8-15)29-20(27)13-30-19-11-23-16-9-5-6-10-17(16)24-19/h2-12,14H,13H2,1H3,(H,25,26,28). The summed E-state index contributed by atoms with van der Waals surface area (Å²) in [4.78, 5) is 37.7. The van der Waals surface area contributed by atoms with Crippen LogP contribution in [0.4, 0.5) is 5.13 Å². The summed E-state index contributed by atoms with van der Waals surface area (Å²) in [6.07, 6.45) is 0.670. The summed E-state index contributed by atoms with van der Waals surface area (Å²) >= 11 is 2.53. The largest absolute Gasteiger partial charge is 0.452 e. The quantitative estimate of drug-likeness (QED) is 0.329. The molecule has 1 unspecified atom stereocenters. The molecule has 0 bridgehead atoms. The average Bonchev–Trinajstić information content (AvgIpc) is 3.26. The number of thioether (sulfide) groups is 1. The third-order valence-corrected chi connectivity index (χ3v) is 5.88. The number of esters is 1. The van der Waals surface area contributed by atoms with E-state index in [1.165, 1.54) is 30.0 Å². The lowest BCUT2D eigenvalue weighted by molar-refractivity contribution is -0.150. The SMILES string of the molecule is CC(OC(=O)CSc1cnc2ccccc2n1)C(=O)Nc1nc(-c2ccccc2)cs1. The van der Waals surface area contributed by atoms with Crippen molar-refractivity contribution >= 4 is 51.1 Å². The van der Waals surface area contributed by atoms with Gasteiger partial charge in [-0.2, -0.15) is 0 Å². The maximum absolute atomic E-state index is 12.4. The van der Waals surface area contributed by atoms with Crippen LogP contribution in [-0.2, 0) is 14.3 Å². The van der Waals surface area contributed by atoms with E-state index in [2.05, 4.69) is 20.3 Å². The molecule has 2 aromatic carbocycles. The first kappa shape index (κ1) is 21.0. The number of ether oxygens (including phenoxy) is 1. The van der Waals surface area contributed by atoms with E-state index in [0.29, 0.717) is 10.2 Å². The van der Waals surface area contributed by atoms with Gasteiger partial charge in [-0.05, 0) is 19.1 Å². The molecule has 1 atom stereocenters. The molecule has 2 aromatic heterocycles. The lowest BCUT2D eigenvalue weighted by atomic mass is 10.2. The third-order valence-electron chi connectivity index (χ3n) is 4.25. The number of thiazole rings is 1. The second-order valence-corrected chi connectivity index (χ2v) is 8.36. The molecule has 0 aliphatic rings. The Morgan fingerprint density at radius 2 is 1.81 bits per heavy atom. The second-order valence-electron chi connectivity index (χ2n) is 6.51. The third kappa shape index (κ3) is 5.44. The summed E-state index contributed by atoms with van der Waals surface area (Å²) in [5.74, 6) is -0.912. The van der Waals surface area contributed by atoms with Crippen molar-refractivity contribution in [2.75, 3.05) is 11.1 Å². The molecule has 0 fully saturated rings. The van der Waals surface area contributed by atoms with Gasteiger partial charge in [0.25, 0.3) is 5.91 Å². The Bertz CT molecular complexity index is 1210. The van der Waals surface area contributed by atoms with E-state index in [-0.39, 0.29) is 5.75 Å². The molecule has 4 aromatic rings. The number of para-hydroxylation sites is 2. The van der Waals surface area contributed by atoms with Crippen LogP contribution in [0, 0.1) is 0 Å². The minimum Gasteiger partial charge on any atom is -0.452 e. The maximum Gasteiger partial charge on any atom is 0.317 e. The summed E-state index contributed by atoms with van der Waals surface area (Å²) < 4.78 is 5.24. The second kappa shape index (κ2) is 9.67. The fraction of sp³-hybridized carbons (Fsp3) is 0.136. The fourth-order valence-corrected chi connectivity index (χ4v) is 4.05. The molecule has 31 heavy (non-hydrogen) atoms. The molecule has 9 heteroatoms. The molecule has 0 aliphatic heterocycles. The molecule has 0 spiro atoms. The Labute approximate surface area is 186 Å². The molecule has 1 N–H and O–H groups in total. The van der Waals surface area contributed by atoms with Gasteiger partial charge in [0.1, 0.15) is 5.03 Å². The lowest BCUT2D eigenvalue weighted by Gasteiger charge is -2.12. The molecule has 0 saturated carbocycles. The number of rotatable bonds is 7. The zero-order valence-electron chi connectivity index (χ0n) is 16.5. The molecular formula is C22H18N4O3S2. The van der Waals surface area contributed by atoms with Gasteiger partial charge in [0.05, 0.1) is 28.7 Å². The van der Waals surface area contributed by atoms with Crippen LogP contribution in [0.25, 0.3) is 22.3 Å². The number of nitrogens with zero attached hydrogens (tertiary/aromatic N) is 3. The van der Waals surface area contributed by atoms with E-state index in [4.69, 9.17) is 4.74 Å². The number of carbonyl (C=O) groups is 2. The normalized spacial score (nSPS) is 11.8. The van der Waals surface area contributed by atoms with Crippen molar-refractivity contribution in [2.24, 2.45) is 0 Å². The number of fused-ring (bicyclic) bond motifs is 1. The Balaban J connectivity index is 1.28. The number of hydrogen-bond donors (Lipinski definition) is 1. The van der Waals surface area contributed by atoms with Crippen LogP contribution in [0.3, 0.4) is 0 Å². The van der Waals surface area contributed by atoms with Crippen LogP contribution in [0.15, 0.2) is 71.2 Å². The highest BCUT2D eigenvalue weighted by Gasteiger charge is 2.19. The zero-order valence-corrected chi connectivity index (χ0v) is 18.2. The van der Waals surface area contributed by atoms with E-state index in [9.17, 15) is 9.59 Å². The number of hydrogen-bond acceptors (Lipinski definition) is 8. The van der Waals surface area contributed by atoms with E-state index in [0.717, 1.165) is 22.3 Å². The van der Waals surface area contributed by atoms with Crippen LogP contribution in [0.1, 0.15) is 6.92 Å². The van der Waals surface area contributed by atoms with E-state index in [1.807, 2.05) is 60.0 Å². The van der Waals surface area contributed by atoms with E-state index in [1.54, 1.807) is 6.20 Å². The van der Waals surface area contributed by atoms with E-state index < -0.39 is 18.0 Å². The first-order valence-electron chi connectivity index (χ1n) is 9.44. The molecule has 156 valence electrons. The fourth-order valence-electron chi connectivity index (χ4n) is 2.71. The Kier molecular flexibility index (Phi) is 6.54. The van der Waals surface area contributed by atoms with Crippen molar-refractivity contribution in [1.29, 1.82) is 0 Å². The average molecular weight is 451 g/mol. The monoisotopic (exact) mass is 450 g/mol. The Hall–Kier alpha value is -3.30. The van der Waals surface area contributed by atoms with Crippen molar-refractivity contribution < 1.29 is 14.3 Å². The molecule has 7 nitrogen and oxygen atoms in total. The van der Waals surface area contributed by atoms with Crippen molar-refractivity contribution in [3.05, 3.63) is 66.2 Å². The summed E-state index contributed by atoms with van der Waals surface area (Å²) in [6, 6.07) is 17.2. The van der Waals surface area contributed by atoms with Gasteiger partial charge in [-0.15, -0.1) is 11.3 Å². The van der Waals surface area contributed by atoms with Crippen LogP contribution in [0.2, 0.25) is 0 Å². The van der Waals surface area contributed by atoms with Crippen LogP contribution in [0.5, 0.6) is 0 Å². The molecule has 1 amide bonds. The number of carbonyl (C=O) groups excluding carboxylic acids is 2. The number of nitrogens with one attached hydrogen (secondary N) is 1. The molecular weight excluding hydrogens is 432 g/mol. The van der Waals surface area contributed by atoms with Gasteiger partial charge in [0.15, 0.2) is 11.2 Å². The van der Waals surface area contributed by atoms with Gasteiger partial charge in [-0.1, -0.05) is 54.2 Å². The summed E-state index contributed by atoms with van der Waals surface area (Å²) in [5.41, 5.74) is 3.29. The van der Waals surface area contributed by atoms with Gasteiger partial charge in [0, 0.05) is 10.9 Å². The molecule has 0 saturated heterocycles. The summed E-state index contributed by atoms with van der Waals surface area (Å²) in [6.45, 7) is 1.53. The number of amides is 1. The first-order chi connectivity index (χ1) is 15.1. The number of anilines is 1. The molecule has 0 aliphatic carbocycles. The highest BCUT2D eigenvalue weighted by Crippen LogP contribution is 2.25. The summed E-state index contributed by atoms with van der Waals surface area (Å²) in [5, 5.41) is 5.62. The Morgan fingerprint density at radius 3 is 2.61 bits per heavy atom. The molecule has 0 radical (unpaired) electrons. The maximum atomic E-state index is 12.4. The highest BCUT2D eigenvalue weighted by molar-refractivity contribution is 7.99. The lowest BCUT2D eigenvalue weighted by Crippen LogP contribution is -2.30. The van der Waals surface area contributed by atoms with Crippen LogP contribution in [-0.4, -0.2) is 38.7 Å². The van der Waals surface area contributed by atoms with Gasteiger partial charge in [-0.3, -0.25) is 19.9 Å². The summed E-state index contributed by atoms with van der Waals surface area (Å²) in [7, 11) is 0. The number of aromatic nitrogens is 3. The van der Waals surface area contributed by atoms with Crippen molar-refractivity contribution in [1.82, 2.24) is 15.0 Å². The zero-order chi connectivity index (χ0) is 21.6. The van der Waals surface area contributed by atoms with Crippen molar-refractivity contribution in [3.8, 4) is 11.3 Å². The minimum atomic E-state index is -0.945. The van der Waals surface area contributed by atoms with Crippen LogP contribution >= 0.6 is 23.1 Å². The molecule has 4 rings (SSSR count). The van der Waals surface area contributed by atoms with Crippen LogP contribution < -0.4 is 5.32 Å². The predicted molar refractivity (Wildman–Crippen MR) is 122 cm³/mol. The molecule has 2 heterocycles. The van der Waals surface area contributed by atoms with Gasteiger partial charge in [-0.25, -0.2) is 9.97 Å². The topological polar surface area (TPSA) is 94.1 Å². The first-order valence-corrected chi connectivity index (χ1v) is 11.3. The minimum absolute atomic E-state index is 0.0278. The van der Waals surface area contributed by atoms with Gasteiger partial charge < -0.3 is 4.74 Å². The van der Waals surface area contributed by atoms with Crippen molar-refractivity contribution in [3.63, 3.8) is 0 Å².